The Balaban J connectivity index is 1.22. The molecule has 1 fully saturated rings. The number of ether oxygens (including phenoxy) is 1. The smallest absolute Gasteiger partial charge is 0.410 e. The lowest BCUT2D eigenvalue weighted by atomic mass is 10.0. The van der Waals surface area contributed by atoms with Crippen molar-refractivity contribution in [2.24, 2.45) is 0 Å². The molecule has 0 saturated carbocycles. The number of nitrogens with one attached hydrogen (secondary N) is 2. The number of amides is 2. The lowest BCUT2D eigenvalue weighted by molar-refractivity contribution is 0.0139. The molecule has 0 spiro atoms. The van der Waals surface area contributed by atoms with Gasteiger partial charge in [0, 0.05) is 56.2 Å². The maximum Gasteiger partial charge on any atom is 0.410 e. The lowest BCUT2D eigenvalue weighted by Crippen LogP contribution is -2.49. The minimum Gasteiger partial charge on any atom is -0.444 e. The van der Waals surface area contributed by atoms with Gasteiger partial charge in [-0.25, -0.2) is 4.79 Å². The molecule has 4 aromatic rings. The number of carbonyl (C=O) groups is 2. The number of anilines is 1. The second-order valence-electron chi connectivity index (χ2n) is 10.5. The fraction of sp³-hybridized carbons (Fsp3) is 0.310. The molecule has 0 unspecified atom stereocenters. The van der Waals surface area contributed by atoms with Gasteiger partial charge in [0.25, 0.3) is 5.91 Å². The first-order chi connectivity index (χ1) is 18.2. The van der Waals surface area contributed by atoms with Crippen molar-refractivity contribution >= 4 is 28.6 Å². The van der Waals surface area contributed by atoms with E-state index in [9.17, 15) is 9.59 Å². The highest BCUT2D eigenvalue weighted by Gasteiger charge is 2.25. The summed E-state index contributed by atoms with van der Waals surface area (Å²) in [6.45, 7) is 9.42. The zero-order valence-electron chi connectivity index (χ0n) is 21.9. The number of hydrogen-bond donors (Lipinski definition) is 2. The summed E-state index contributed by atoms with van der Waals surface area (Å²) in [6.07, 6.45) is 3.02. The highest BCUT2D eigenvalue weighted by atomic mass is 16.6. The highest BCUT2D eigenvalue weighted by Crippen LogP contribution is 2.26. The molecular formula is C29H32N6O3. The van der Waals surface area contributed by atoms with Gasteiger partial charge in [0.05, 0.1) is 5.52 Å². The maximum atomic E-state index is 12.8. The number of aromatic amines is 1. The van der Waals surface area contributed by atoms with Crippen LogP contribution in [-0.2, 0) is 11.3 Å². The number of piperazine rings is 1. The molecule has 1 aliphatic heterocycles. The Labute approximate surface area is 221 Å². The maximum absolute atomic E-state index is 12.8. The standard InChI is InChI=1S/C29H32N6O3/c1-29(2,3)38-28(37)35-16-14-34(15-17-35)19-20-4-6-21(7-5-20)22-8-9-25-24(18-22)26(33-32-25)27(36)31-23-10-12-30-13-11-23/h4-13,18H,14-17,19H2,1-3H3,(H,32,33)(H,30,31,36). The molecule has 38 heavy (non-hydrogen) atoms. The summed E-state index contributed by atoms with van der Waals surface area (Å²) in [5.74, 6) is -0.276. The first-order valence-electron chi connectivity index (χ1n) is 12.7. The number of H-pyrrole nitrogens is 1. The zero-order chi connectivity index (χ0) is 26.7. The van der Waals surface area contributed by atoms with Crippen LogP contribution >= 0.6 is 0 Å². The molecule has 9 heteroatoms. The van der Waals surface area contributed by atoms with E-state index < -0.39 is 5.60 Å². The van der Waals surface area contributed by atoms with Crippen molar-refractivity contribution in [3.63, 3.8) is 0 Å². The predicted octanol–water partition coefficient (Wildman–Crippen LogP) is 4.93. The van der Waals surface area contributed by atoms with Gasteiger partial charge in [-0.3, -0.25) is 19.8 Å². The van der Waals surface area contributed by atoms with Crippen LogP contribution in [0.15, 0.2) is 67.0 Å². The summed E-state index contributed by atoms with van der Waals surface area (Å²) in [4.78, 5) is 33.3. The zero-order valence-corrected chi connectivity index (χ0v) is 21.9. The van der Waals surface area contributed by atoms with Gasteiger partial charge in [-0.05, 0) is 61.7 Å². The van der Waals surface area contributed by atoms with E-state index in [-0.39, 0.29) is 12.0 Å². The Morgan fingerprint density at radius 2 is 1.63 bits per heavy atom. The van der Waals surface area contributed by atoms with Crippen molar-refractivity contribution in [3.05, 3.63) is 78.2 Å². The Kier molecular flexibility index (Phi) is 7.11. The van der Waals surface area contributed by atoms with Crippen LogP contribution in [0.25, 0.3) is 22.0 Å². The number of carbonyl (C=O) groups excluding carboxylic acids is 2. The van der Waals surface area contributed by atoms with E-state index in [0.29, 0.717) is 24.5 Å². The number of fused-ring (bicyclic) bond motifs is 1. The third kappa shape index (κ3) is 6.00. The largest absolute Gasteiger partial charge is 0.444 e. The van der Waals surface area contributed by atoms with Crippen LogP contribution in [0.4, 0.5) is 10.5 Å². The van der Waals surface area contributed by atoms with Crippen molar-refractivity contribution in [1.29, 1.82) is 0 Å². The fourth-order valence-corrected chi connectivity index (χ4v) is 4.47. The number of hydrogen-bond acceptors (Lipinski definition) is 6. The van der Waals surface area contributed by atoms with Gasteiger partial charge in [-0.2, -0.15) is 5.10 Å². The molecule has 2 aromatic heterocycles. The van der Waals surface area contributed by atoms with Crippen LogP contribution in [0.2, 0.25) is 0 Å². The normalized spacial score (nSPS) is 14.4. The van der Waals surface area contributed by atoms with E-state index in [1.807, 2.05) is 39.0 Å². The van der Waals surface area contributed by atoms with Gasteiger partial charge in [-0.15, -0.1) is 0 Å². The minimum absolute atomic E-state index is 0.242. The monoisotopic (exact) mass is 512 g/mol. The Hall–Kier alpha value is -4.24. The second-order valence-corrected chi connectivity index (χ2v) is 10.5. The van der Waals surface area contributed by atoms with Gasteiger partial charge >= 0.3 is 6.09 Å². The molecule has 3 heterocycles. The summed E-state index contributed by atoms with van der Waals surface area (Å²) in [6, 6.07) is 17.9. The van der Waals surface area contributed by atoms with Gasteiger partial charge < -0.3 is 15.0 Å². The molecule has 9 nitrogen and oxygen atoms in total. The molecule has 0 atom stereocenters. The minimum atomic E-state index is -0.480. The molecule has 1 aliphatic rings. The van der Waals surface area contributed by atoms with Crippen LogP contribution < -0.4 is 5.32 Å². The summed E-state index contributed by atoms with van der Waals surface area (Å²) < 4.78 is 5.49. The molecule has 2 aromatic carbocycles. The van der Waals surface area contributed by atoms with Crippen LogP contribution in [0.3, 0.4) is 0 Å². The third-order valence-corrected chi connectivity index (χ3v) is 6.43. The quantitative estimate of drug-likeness (QED) is 0.393. The van der Waals surface area contributed by atoms with Gasteiger partial charge in [-0.1, -0.05) is 30.3 Å². The van der Waals surface area contributed by atoms with Crippen LogP contribution in [0.1, 0.15) is 36.8 Å². The second kappa shape index (κ2) is 10.6. The van der Waals surface area contributed by atoms with Gasteiger partial charge in [0.1, 0.15) is 5.60 Å². The van der Waals surface area contributed by atoms with E-state index >= 15 is 0 Å². The van der Waals surface area contributed by atoms with Crippen molar-refractivity contribution < 1.29 is 14.3 Å². The van der Waals surface area contributed by atoms with E-state index in [1.165, 1.54) is 5.56 Å². The summed E-state index contributed by atoms with van der Waals surface area (Å²) in [7, 11) is 0. The molecule has 196 valence electrons. The van der Waals surface area contributed by atoms with Gasteiger partial charge in [0.15, 0.2) is 5.69 Å². The summed E-state index contributed by atoms with van der Waals surface area (Å²) >= 11 is 0. The average Bonchev–Trinajstić information content (AvgIpc) is 3.33. The molecule has 0 bridgehead atoms. The molecule has 2 amide bonds. The van der Waals surface area contributed by atoms with Crippen LogP contribution in [0.5, 0.6) is 0 Å². The Morgan fingerprint density at radius 1 is 0.947 bits per heavy atom. The van der Waals surface area contributed by atoms with Crippen LogP contribution in [-0.4, -0.2) is 68.8 Å². The number of benzene rings is 2. The van der Waals surface area contributed by atoms with Crippen molar-refractivity contribution in [1.82, 2.24) is 25.0 Å². The predicted molar refractivity (Wildman–Crippen MR) is 147 cm³/mol. The SMILES string of the molecule is CC(C)(C)OC(=O)N1CCN(Cc2ccc(-c3ccc4[nH]nc(C(=O)Nc5ccncc5)c4c3)cc2)CC1. The van der Waals surface area contributed by atoms with Crippen molar-refractivity contribution in [2.45, 2.75) is 32.9 Å². The van der Waals surface area contributed by atoms with E-state index in [4.69, 9.17) is 4.74 Å². The summed E-state index contributed by atoms with van der Waals surface area (Å²) in [5, 5.41) is 10.8. The van der Waals surface area contributed by atoms with E-state index in [2.05, 4.69) is 49.7 Å². The van der Waals surface area contributed by atoms with E-state index in [0.717, 1.165) is 41.7 Å². The molecule has 5 rings (SSSR count). The number of pyridine rings is 1. The highest BCUT2D eigenvalue weighted by molar-refractivity contribution is 6.11. The topological polar surface area (TPSA) is 103 Å². The Bertz CT molecular complexity index is 1420. The summed E-state index contributed by atoms with van der Waals surface area (Å²) in [5.41, 5.74) is 4.62. The number of rotatable bonds is 5. The van der Waals surface area contributed by atoms with Crippen LogP contribution in [0, 0.1) is 0 Å². The lowest BCUT2D eigenvalue weighted by Gasteiger charge is -2.35. The molecule has 0 radical (unpaired) electrons. The average molecular weight is 513 g/mol. The molecule has 2 N–H and O–H groups in total. The first-order valence-corrected chi connectivity index (χ1v) is 12.7. The molecule has 0 aliphatic carbocycles. The van der Waals surface area contributed by atoms with E-state index in [1.54, 1.807) is 29.4 Å². The number of aromatic nitrogens is 3. The molecular weight excluding hydrogens is 480 g/mol. The number of nitrogens with zero attached hydrogens (tertiary/aromatic N) is 4. The van der Waals surface area contributed by atoms with Gasteiger partial charge in [0.2, 0.25) is 0 Å². The fourth-order valence-electron chi connectivity index (χ4n) is 4.47. The van der Waals surface area contributed by atoms with Crippen molar-refractivity contribution in [2.75, 3.05) is 31.5 Å². The molecule has 1 saturated heterocycles. The third-order valence-electron chi connectivity index (χ3n) is 6.43. The first kappa shape index (κ1) is 25.4. The Morgan fingerprint density at radius 3 is 2.32 bits per heavy atom. The van der Waals surface area contributed by atoms with Crippen molar-refractivity contribution in [3.8, 4) is 11.1 Å².